The lowest BCUT2D eigenvalue weighted by Gasteiger charge is -2.63. The fraction of sp³-hybridized carbons (Fsp3) is 0.875. The summed E-state index contributed by atoms with van der Waals surface area (Å²) in [5.41, 5.74) is -1.51. The zero-order chi connectivity index (χ0) is 15.3. The lowest BCUT2D eigenvalue weighted by atomic mass is 9.42. The highest BCUT2D eigenvalue weighted by Gasteiger charge is 2.69. The van der Waals surface area contributed by atoms with Crippen molar-refractivity contribution < 1.29 is 23.8 Å². The van der Waals surface area contributed by atoms with Crippen LogP contribution in [-0.4, -0.2) is 38.4 Å². The molecule has 0 radical (unpaired) electrons. The van der Waals surface area contributed by atoms with Gasteiger partial charge in [0, 0.05) is 6.61 Å². The SMILES string of the molecule is CCOC12CC3C[C@](C(=O)OC)(C1)C[C@@](C(=O)OC)(C3)C2. The number of carbonyl (C=O) groups excluding carboxylic acids is 2. The fourth-order valence-electron chi connectivity index (χ4n) is 5.70. The minimum Gasteiger partial charge on any atom is -0.469 e. The second-order valence-electron chi connectivity index (χ2n) is 7.17. The highest BCUT2D eigenvalue weighted by molar-refractivity contribution is 5.83. The molecular formula is C16H24O5. The van der Waals surface area contributed by atoms with Crippen LogP contribution in [0.25, 0.3) is 0 Å². The Kier molecular flexibility index (Phi) is 3.32. The van der Waals surface area contributed by atoms with E-state index in [1.807, 2.05) is 6.92 Å². The van der Waals surface area contributed by atoms with E-state index in [1.165, 1.54) is 14.2 Å². The average Bonchev–Trinajstić information content (AvgIpc) is 2.43. The molecule has 5 nitrogen and oxygen atoms in total. The summed E-state index contributed by atoms with van der Waals surface area (Å²) in [6, 6.07) is 0. The van der Waals surface area contributed by atoms with Gasteiger partial charge >= 0.3 is 11.9 Å². The zero-order valence-corrected chi connectivity index (χ0v) is 13.1. The van der Waals surface area contributed by atoms with E-state index in [9.17, 15) is 9.59 Å². The van der Waals surface area contributed by atoms with E-state index in [1.54, 1.807) is 0 Å². The number of ether oxygens (including phenoxy) is 3. The van der Waals surface area contributed by atoms with E-state index < -0.39 is 10.8 Å². The van der Waals surface area contributed by atoms with Crippen molar-refractivity contribution in [2.75, 3.05) is 20.8 Å². The summed E-state index contributed by atoms with van der Waals surface area (Å²) in [4.78, 5) is 24.9. The molecule has 4 bridgehead atoms. The third-order valence-electron chi connectivity index (χ3n) is 5.70. The van der Waals surface area contributed by atoms with Gasteiger partial charge in [0.2, 0.25) is 0 Å². The van der Waals surface area contributed by atoms with Gasteiger partial charge in [0.1, 0.15) is 0 Å². The predicted octanol–water partition coefficient (Wildman–Crippen LogP) is 2.08. The van der Waals surface area contributed by atoms with Crippen LogP contribution in [0.15, 0.2) is 0 Å². The summed E-state index contributed by atoms with van der Waals surface area (Å²) >= 11 is 0. The smallest absolute Gasteiger partial charge is 0.311 e. The molecule has 0 aromatic heterocycles. The Bertz CT molecular complexity index is 439. The monoisotopic (exact) mass is 296 g/mol. The van der Waals surface area contributed by atoms with Gasteiger partial charge in [-0.3, -0.25) is 9.59 Å². The molecule has 0 heterocycles. The van der Waals surface area contributed by atoms with Gasteiger partial charge in [-0.2, -0.15) is 0 Å². The predicted molar refractivity (Wildman–Crippen MR) is 74.4 cm³/mol. The molecule has 118 valence electrons. The molecule has 4 saturated carbocycles. The van der Waals surface area contributed by atoms with Crippen LogP contribution >= 0.6 is 0 Å². The number of esters is 2. The highest BCUT2D eigenvalue weighted by Crippen LogP contribution is 2.68. The lowest BCUT2D eigenvalue weighted by molar-refractivity contribution is -0.234. The van der Waals surface area contributed by atoms with Crippen molar-refractivity contribution in [3.05, 3.63) is 0 Å². The first-order valence-electron chi connectivity index (χ1n) is 7.74. The molecular weight excluding hydrogens is 272 g/mol. The van der Waals surface area contributed by atoms with Gasteiger partial charge in [-0.1, -0.05) is 0 Å². The van der Waals surface area contributed by atoms with E-state index >= 15 is 0 Å². The highest BCUT2D eigenvalue weighted by atomic mass is 16.5. The molecule has 4 fully saturated rings. The van der Waals surface area contributed by atoms with Crippen LogP contribution in [0.5, 0.6) is 0 Å². The molecule has 0 aromatic carbocycles. The average molecular weight is 296 g/mol. The maximum Gasteiger partial charge on any atom is 0.311 e. The van der Waals surface area contributed by atoms with Crippen molar-refractivity contribution in [2.24, 2.45) is 16.7 Å². The molecule has 0 N–H and O–H groups in total. The quantitative estimate of drug-likeness (QED) is 0.743. The first-order chi connectivity index (χ1) is 9.93. The number of hydrogen-bond acceptors (Lipinski definition) is 5. The number of carbonyl (C=O) groups is 2. The van der Waals surface area contributed by atoms with Crippen LogP contribution < -0.4 is 0 Å². The number of rotatable bonds is 4. The largest absolute Gasteiger partial charge is 0.469 e. The standard InChI is InChI=1S/C16H24O5/c1-4-21-16-7-11-5-14(9-16,12(17)19-2)8-15(6-11,10-16)13(18)20-3/h11H,4-10H2,1-3H3/t11?,14-,15+,16?. The van der Waals surface area contributed by atoms with Crippen LogP contribution in [0, 0.1) is 16.7 Å². The normalized spacial score (nSPS) is 43.7. The van der Waals surface area contributed by atoms with Gasteiger partial charge in [-0.25, -0.2) is 0 Å². The Morgan fingerprint density at radius 2 is 1.48 bits per heavy atom. The van der Waals surface area contributed by atoms with Gasteiger partial charge in [0.25, 0.3) is 0 Å². The van der Waals surface area contributed by atoms with E-state index in [2.05, 4.69) is 0 Å². The van der Waals surface area contributed by atoms with Crippen LogP contribution in [0.1, 0.15) is 45.4 Å². The topological polar surface area (TPSA) is 61.8 Å². The molecule has 4 rings (SSSR count). The van der Waals surface area contributed by atoms with Crippen molar-refractivity contribution in [3.8, 4) is 0 Å². The molecule has 2 unspecified atom stereocenters. The maximum atomic E-state index is 12.4. The number of methoxy groups -OCH3 is 2. The Balaban J connectivity index is 2.03. The van der Waals surface area contributed by atoms with Gasteiger partial charge in [0.15, 0.2) is 0 Å². The maximum absolute atomic E-state index is 12.4. The second-order valence-corrected chi connectivity index (χ2v) is 7.17. The van der Waals surface area contributed by atoms with Crippen LogP contribution in [0.2, 0.25) is 0 Å². The first-order valence-corrected chi connectivity index (χ1v) is 7.74. The Morgan fingerprint density at radius 1 is 0.952 bits per heavy atom. The Labute approximate surface area is 125 Å². The van der Waals surface area contributed by atoms with Crippen molar-refractivity contribution in [1.29, 1.82) is 0 Å². The minimum atomic E-state index is -0.572. The van der Waals surface area contributed by atoms with Gasteiger partial charge in [0.05, 0.1) is 30.7 Å². The lowest BCUT2D eigenvalue weighted by Crippen LogP contribution is -2.65. The first kappa shape index (κ1) is 14.8. The third-order valence-corrected chi connectivity index (χ3v) is 5.70. The van der Waals surface area contributed by atoms with E-state index in [0.29, 0.717) is 31.8 Å². The molecule has 0 aromatic rings. The van der Waals surface area contributed by atoms with Gasteiger partial charge < -0.3 is 14.2 Å². The van der Waals surface area contributed by atoms with Gasteiger partial charge in [-0.15, -0.1) is 0 Å². The van der Waals surface area contributed by atoms with Crippen molar-refractivity contribution in [1.82, 2.24) is 0 Å². The Morgan fingerprint density at radius 3 is 1.90 bits per heavy atom. The van der Waals surface area contributed by atoms with E-state index in [0.717, 1.165) is 19.3 Å². The summed E-state index contributed by atoms with van der Waals surface area (Å²) in [6.07, 6.45) is 4.47. The Hall–Kier alpha value is -1.10. The fourth-order valence-corrected chi connectivity index (χ4v) is 5.70. The summed E-state index contributed by atoms with van der Waals surface area (Å²) in [5, 5.41) is 0. The molecule has 4 aliphatic rings. The molecule has 21 heavy (non-hydrogen) atoms. The summed E-state index contributed by atoms with van der Waals surface area (Å²) in [5.74, 6) is -0.0427. The molecule has 0 aliphatic heterocycles. The van der Waals surface area contributed by atoms with Crippen molar-refractivity contribution in [3.63, 3.8) is 0 Å². The van der Waals surface area contributed by atoms with Crippen molar-refractivity contribution in [2.45, 2.75) is 51.0 Å². The van der Waals surface area contributed by atoms with Crippen molar-refractivity contribution >= 4 is 11.9 Å². The molecule has 0 saturated heterocycles. The van der Waals surface area contributed by atoms with E-state index in [-0.39, 0.29) is 17.5 Å². The van der Waals surface area contributed by atoms with Crippen LogP contribution in [-0.2, 0) is 23.8 Å². The molecule has 4 atom stereocenters. The summed E-state index contributed by atoms with van der Waals surface area (Å²) < 4.78 is 16.2. The third kappa shape index (κ3) is 2.00. The molecule has 4 aliphatic carbocycles. The van der Waals surface area contributed by atoms with Crippen LogP contribution in [0.4, 0.5) is 0 Å². The molecule has 0 amide bonds. The molecule has 5 heteroatoms. The van der Waals surface area contributed by atoms with E-state index in [4.69, 9.17) is 14.2 Å². The number of hydrogen-bond donors (Lipinski definition) is 0. The van der Waals surface area contributed by atoms with Crippen LogP contribution in [0.3, 0.4) is 0 Å². The second kappa shape index (κ2) is 4.70. The summed E-state index contributed by atoms with van der Waals surface area (Å²) in [6.45, 7) is 2.56. The van der Waals surface area contributed by atoms with Gasteiger partial charge in [-0.05, 0) is 51.4 Å². The zero-order valence-electron chi connectivity index (χ0n) is 13.1. The molecule has 0 spiro atoms. The summed E-state index contributed by atoms with van der Waals surface area (Å²) in [7, 11) is 2.86. The minimum absolute atomic E-state index is 0.191.